The molecule has 59 heavy (non-hydrogen) atoms. The first-order valence-electron chi connectivity index (χ1n) is 17.3. The molecule has 4 aromatic rings. The van der Waals surface area contributed by atoms with Crippen LogP contribution >= 0.6 is 48.2 Å². The van der Waals surface area contributed by atoms with Crippen molar-refractivity contribution in [2.24, 2.45) is 11.5 Å². The molecule has 2 aromatic carbocycles. The maximum Gasteiger partial charge on any atom is 0.328 e. The first-order chi connectivity index (χ1) is 27.1. The third-order valence-electron chi connectivity index (χ3n) is 7.94. The third kappa shape index (κ3) is 13.7. The molecule has 21 heteroatoms. The molecule has 0 saturated heterocycles. The number of oxazole rings is 1. The molecule has 0 spiro atoms. The summed E-state index contributed by atoms with van der Waals surface area (Å²) in [5.74, 6) is -1.98. The highest BCUT2D eigenvalue weighted by Gasteiger charge is 2.27. The number of carbonyl (C=O) groups excluding carboxylic acids is 4. The van der Waals surface area contributed by atoms with Crippen LogP contribution in [-0.2, 0) is 34.4 Å². The molecule has 0 fully saturated rings. The van der Waals surface area contributed by atoms with Gasteiger partial charge in [0.05, 0.1) is 23.3 Å². The van der Waals surface area contributed by atoms with E-state index in [1.54, 1.807) is 48.5 Å². The van der Waals surface area contributed by atoms with Gasteiger partial charge in [0.2, 0.25) is 17.7 Å². The SMILES string of the molecule is C[C@H](N)C(=O)N[C@@H](C)C(=O)OC[C@H](COc1ccc(-c2c(C#N)c(N)nc(SCc3coc(-c4ccc(Cl)cc4)n3)c2C#N)cc1)OC(=O)[C@H](C)NC(=O)[C@H](C)N.Cl.Cl. The lowest BCUT2D eigenvalue weighted by Gasteiger charge is -2.22. The lowest BCUT2D eigenvalue weighted by atomic mass is 9.97. The number of nitrogens with zero attached hydrogens (tertiary/aromatic N) is 4. The van der Waals surface area contributed by atoms with Crippen molar-refractivity contribution in [2.45, 2.75) is 68.7 Å². The zero-order chi connectivity index (χ0) is 41.8. The Morgan fingerprint density at radius 3 is 1.95 bits per heavy atom. The number of rotatable bonds is 17. The van der Waals surface area contributed by atoms with Crippen LogP contribution in [0.4, 0.5) is 5.82 Å². The van der Waals surface area contributed by atoms with E-state index in [1.807, 2.05) is 6.07 Å². The number of nitrogens with one attached hydrogen (secondary N) is 2. The van der Waals surface area contributed by atoms with Crippen LogP contribution in [0.3, 0.4) is 0 Å². The minimum atomic E-state index is -1.17. The van der Waals surface area contributed by atoms with Gasteiger partial charge in [-0.3, -0.25) is 9.59 Å². The topological polar surface area (TPSA) is 285 Å². The van der Waals surface area contributed by atoms with E-state index in [2.05, 4.69) is 26.7 Å². The summed E-state index contributed by atoms with van der Waals surface area (Å²) in [6.07, 6.45) is 0.323. The average Bonchev–Trinajstić information content (AvgIpc) is 3.66. The van der Waals surface area contributed by atoms with Crippen LogP contribution in [0.2, 0.25) is 5.02 Å². The largest absolute Gasteiger partial charge is 0.490 e. The van der Waals surface area contributed by atoms with Gasteiger partial charge in [0.25, 0.3) is 0 Å². The molecule has 0 unspecified atom stereocenters. The van der Waals surface area contributed by atoms with Crippen molar-refractivity contribution >= 4 is 77.7 Å². The number of aromatic nitrogens is 2. The fourth-order valence-electron chi connectivity index (χ4n) is 4.83. The normalized spacial score (nSPS) is 13.0. The van der Waals surface area contributed by atoms with E-state index >= 15 is 0 Å². The minimum Gasteiger partial charge on any atom is -0.490 e. The van der Waals surface area contributed by atoms with Gasteiger partial charge in [0.15, 0.2) is 6.10 Å². The van der Waals surface area contributed by atoms with Crippen molar-refractivity contribution in [3.63, 3.8) is 0 Å². The second-order valence-electron chi connectivity index (χ2n) is 12.7. The van der Waals surface area contributed by atoms with Gasteiger partial charge < -0.3 is 46.5 Å². The van der Waals surface area contributed by atoms with Gasteiger partial charge in [0.1, 0.15) is 65.9 Å². The van der Waals surface area contributed by atoms with Crippen molar-refractivity contribution in [1.82, 2.24) is 20.6 Å². The summed E-state index contributed by atoms with van der Waals surface area (Å²) < 4.78 is 22.3. The number of hydrogen-bond donors (Lipinski definition) is 5. The molecule has 0 aliphatic heterocycles. The summed E-state index contributed by atoms with van der Waals surface area (Å²) in [6.45, 7) is 4.90. The molecule has 0 bridgehead atoms. The second-order valence-corrected chi connectivity index (χ2v) is 14.1. The number of hydrogen-bond acceptors (Lipinski definition) is 16. The van der Waals surface area contributed by atoms with Crippen LogP contribution < -0.4 is 32.6 Å². The molecule has 0 aliphatic carbocycles. The molecule has 5 atom stereocenters. The quantitative estimate of drug-likeness (QED) is 0.0738. The van der Waals surface area contributed by atoms with Crippen LogP contribution in [0.25, 0.3) is 22.6 Å². The monoisotopic (exact) mass is 889 g/mol. The Morgan fingerprint density at radius 2 is 1.39 bits per heavy atom. The number of amides is 2. The van der Waals surface area contributed by atoms with E-state index in [0.29, 0.717) is 22.2 Å². The van der Waals surface area contributed by atoms with E-state index in [0.717, 1.165) is 5.56 Å². The lowest BCUT2D eigenvalue weighted by molar-refractivity contribution is -0.163. The van der Waals surface area contributed by atoms with E-state index in [9.17, 15) is 29.7 Å². The zero-order valence-corrected chi connectivity index (χ0v) is 35.3. The highest BCUT2D eigenvalue weighted by molar-refractivity contribution is 7.98. The Morgan fingerprint density at radius 1 is 0.831 bits per heavy atom. The first kappa shape index (κ1) is 49.5. The average molecular weight is 891 g/mol. The Hall–Kier alpha value is -5.60. The summed E-state index contributed by atoms with van der Waals surface area (Å²) in [6, 6.07) is 13.6. The van der Waals surface area contributed by atoms with Crippen molar-refractivity contribution < 1.29 is 37.8 Å². The smallest absolute Gasteiger partial charge is 0.328 e. The Kier molecular flexibility index (Phi) is 19.4. The lowest BCUT2D eigenvalue weighted by Crippen LogP contribution is -2.48. The highest BCUT2D eigenvalue weighted by Crippen LogP contribution is 2.37. The van der Waals surface area contributed by atoms with Crippen molar-refractivity contribution in [2.75, 3.05) is 18.9 Å². The number of nitrogen functional groups attached to an aromatic ring is 1. The molecule has 17 nitrogen and oxygen atoms in total. The summed E-state index contributed by atoms with van der Waals surface area (Å²) in [4.78, 5) is 58.3. The predicted octanol–water partition coefficient (Wildman–Crippen LogP) is 4.06. The van der Waals surface area contributed by atoms with Gasteiger partial charge in [0, 0.05) is 21.9 Å². The fraction of sp³-hybridized carbons (Fsp3) is 0.316. The number of carbonyl (C=O) groups is 4. The molecule has 0 saturated carbocycles. The number of nitriles is 2. The van der Waals surface area contributed by atoms with E-state index in [-0.39, 0.29) is 70.5 Å². The maximum absolute atomic E-state index is 12.9. The zero-order valence-electron chi connectivity index (χ0n) is 32.1. The second kappa shape index (κ2) is 23.1. The first-order valence-corrected chi connectivity index (χ1v) is 18.7. The van der Waals surface area contributed by atoms with Gasteiger partial charge in [-0.15, -0.1) is 24.8 Å². The molecule has 0 aliphatic rings. The van der Waals surface area contributed by atoms with Crippen molar-refractivity contribution in [3.8, 4) is 40.5 Å². The van der Waals surface area contributed by atoms with Crippen LogP contribution in [0, 0.1) is 22.7 Å². The molecule has 4 rings (SSSR count). The van der Waals surface area contributed by atoms with Crippen LogP contribution in [-0.4, -0.2) is 77.2 Å². The predicted molar refractivity (Wildman–Crippen MR) is 223 cm³/mol. The number of anilines is 1. The molecule has 2 heterocycles. The van der Waals surface area contributed by atoms with Crippen LogP contribution in [0.5, 0.6) is 5.75 Å². The number of pyridine rings is 1. The summed E-state index contributed by atoms with van der Waals surface area (Å²) in [7, 11) is 0. The van der Waals surface area contributed by atoms with Gasteiger partial charge in [-0.25, -0.2) is 19.6 Å². The van der Waals surface area contributed by atoms with Crippen LogP contribution in [0.15, 0.2) is 64.2 Å². The molecular weight excluding hydrogens is 849 g/mol. The Bertz CT molecular complexity index is 2180. The summed E-state index contributed by atoms with van der Waals surface area (Å²) in [5.41, 5.74) is 19.5. The van der Waals surface area contributed by atoms with E-state index < -0.39 is 60.6 Å². The van der Waals surface area contributed by atoms with Gasteiger partial charge in [-0.2, -0.15) is 10.5 Å². The Balaban J connectivity index is 0.00000600. The van der Waals surface area contributed by atoms with Gasteiger partial charge >= 0.3 is 11.9 Å². The van der Waals surface area contributed by atoms with E-state index in [1.165, 1.54) is 45.7 Å². The highest BCUT2D eigenvalue weighted by atomic mass is 35.5. The molecule has 2 aromatic heterocycles. The number of ether oxygens (including phenoxy) is 3. The van der Waals surface area contributed by atoms with Crippen molar-refractivity contribution in [3.05, 3.63) is 76.6 Å². The number of nitrogens with two attached hydrogens (primary N) is 3. The minimum absolute atomic E-state index is 0. The number of esters is 2. The molecule has 314 valence electrons. The molecular formula is C38H42Cl3N9O8S. The third-order valence-corrected chi connectivity index (χ3v) is 9.20. The van der Waals surface area contributed by atoms with E-state index in [4.69, 9.17) is 47.4 Å². The standard InChI is InChI=1S/C38H40ClN9O8S.2ClH/c1-19(42)33(49)45-21(3)37(51)55-17-28(56-38(52)22(4)46-34(50)20(2)43)16-53-27-11-7-23(8-12-27)31-29(13-40)32(44)48-36(30(31)14-41)57-18-26-15-54-35(47-26)24-5-9-25(39)10-6-24;;/h5-12,15,19-22,28H,16-18,42-43H2,1-4H3,(H2,44,48)(H,45,49)(H,46,50);2*1H/t19-,20-,21-,22-,28-;;/m0../s1. The molecule has 8 N–H and O–H groups in total. The Labute approximate surface area is 361 Å². The fourth-order valence-corrected chi connectivity index (χ4v) is 5.83. The summed E-state index contributed by atoms with van der Waals surface area (Å²) >= 11 is 7.18. The van der Waals surface area contributed by atoms with Gasteiger partial charge in [-0.1, -0.05) is 35.5 Å². The van der Waals surface area contributed by atoms with Crippen LogP contribution in [0.1, 0.15) is 44.5 Å². The molecule has 2 amide bonds. The molecule has 0 radical (unpaired) electrons. The number of benzene rings is 2. The van der Waals surface area contributed by atoms with Gasteiger partial charge in [-0.05, 0) is 69.7 Å². The maximum atomic E-state index is 12.9. The summed E-state index contributed by atoms with van der Waals surface area (Å²) in [5, 5.41) is 26.0. The van der Waals surface area contributed by atoms with Crippen molar-refractivity contribution in [1.29, 1.82) is 10.5 Å². The number of thioether (sulfide) groups is 1. The number of halogens is 3.